The van der Waals surface area contributed by atoms with E-state index in [1.54, 1.807) is 30.3 Å². The number of nitro groups is 1. The first kappa shape index (κ1) is 21.6. The van der Waals surface area contributed by atoms with Crippen LogP contribution in [0.2, 0.25) is 15.1 Å². The molecule has 0 atom stereocenters. The predicted octanol–water partition coefficient (Wildman–Crippen LogP) is 5.34. The largest absolute Gasteiger partial charge is 0.477 e. The number of rotatable bonds is 7. The molecule has 11 heteroatoms. The van der Waals surface area contributed by atoms with Crippen LogP contribution in [0.5, 0.6) is 5.75 Å². The highest BCUT2D eigenvalue weighted by Crippen LogP contribution is 2.34. The van der Waals surface area contributed by atoms with E-state index in [2.05, 4.69) is 10.5 Å². The maximum atomic E-state index is 11.9. The molecule has 1 aromatic heterocycles. The van der Waals surface area contributed by atoms with Crippen molar-refractivity contribution in [3.63, 3.8) is 0 Å². The number of nitrogens with zero attached hydrogens (tertiary/aromatic N) is 2. The van der Waals surface area contributed by atoms with Crippen LogP contribution < -0.4 is 10.2 Å². The Morgan fingerprint density at radius 2 is 2.00 bits per heavy atom. The van der Waals surface area contributed by atoms with E-state index in [0.29, 0.717) is 27.1 Å². The monoisotopic (exact) mass is 467 g/mol. The number of hydrogen-bond donors (Lipinski definition) is 1. The van der Waals surface area contributed by atoms with Crippen molar-refractivity contribution in [2.45, 2.75) is 0 Å². The summed E-state index contributed by atoms with van der Waals surface area (Å²) in [7, 11) is 0. The van der Waals surface area contributed by atoms with Crippen molar-refractivity contribution in [3.05, 3.63) is 79.5 Å². The van der Waals surface area contributed by atoms with E-state index in [1.165, 1.54) is 18.3 Å². The van der Waals surface area contributed by atoms with Crippen molar-refractivity contribution >= 4 is 52.6 Å². The van der Waals surface area contributed by atoms with Gasteiger partial charge in [0.15, 0.2) is 12.4 Å². The van der Waals surface area contributed by atoms with Crippen LogP contribution in [0.4, 0.5) is 5.69 Å². The molecule has 0 radical (unpaired) electrons. The summed E-state index contributed by atoms with van der Waals surface area (Å²) >= 11 is 17.9. The van der Waals surface area contributed by atoms with Gasteiger partial charge in [-0.3, -0.25) is 14.9 Å². The molecule has 0 aliphatic carbocycles. The number of hydrazone groups is 1. The highest BCUT2D eigenvalue weighted by atomic mass is 35.5. The molecule has 1 N–H and O–H groups in total. The molecule has 0 aliphatic rings. The van der Waals surface area contributed by atoms with E-state index < -0.39 is 17.4 Å². The molecule has 0 bridgehead atoms. The summed E-state index contributed by atoms with van der Waals surface area (Å²) in [5.74, 6) is 0.127. The molecule has 3 rings (SSSR count). The minimum atomic E-state index is -0.655. The molecule has 0 aliphatic heterocycles. The minimum Gasteiger partial charge on any atom is -0.477 e. The average molecular weight is 469 g/mol. The van der Waals surface area contributed by atoms with Gasteiger partial charge in [-0.1, -0.05) is 40.9 Å². The summed E-state index contributed by atoms with van der Waals surface area (Å²) in [6.45, 7) is -0.485. The smallest absolute Gasteiger partial charge is 0.312 e. The predicted molar refractivity (Wildman–Crippen MR) is 114 cm³/mol. The van der Waals surface area contributed by atoms with E-state index in [1.807, 2.05) is 0 Å². The zero-order chi connectivity index (χ0) is 21.7. The second kappa shape index (κ2) is 9.62. The number of furan rings is 1. The lowest BCUT2D eigenvalue weighted by molar-refractivity contribution is -0.385. The molecule has 30 heavy (non-hydrogen) atoms. The molecule has 2 aromatic carbocycles. The van der Waals surface area contributed by atoms with E-state index in [4.69, 9.17) is 44.0 Å². The molecule has 1 amide bonds. The van der Waals surface area contributed by atoms with Gasteiger partial charge < -0.3 is 9.15 Å². The van der Waals surface area contributed by atoms with Gasteiger partial charge >= 0.3 is 5.69 Å². The molecule has 0 unspecified atom stereocenters. The van der Waals surface area contributed by atoms with Gasteiger partial charge in [0, 0.05) is 16.7 Å². The Labute approximate surface area is 185 Å². The first-order chi connectivity index (χ1) is 14.3. The number of amides is 1. The van der Waals surface area contributed by atoms with E-state index in [-0.39, 0.29) is 16.5 Å². The molecule has 154 valence electrons. The standard InChI is InChI=1S/C19H12Cl3N3O5/c20-11-4-6-17(15(8-11)25(27)28)29-10-18(26)24-23-9-12-5-7-16(30-12)13-2-1-3-14(21)19(13)22/h1-9H,10H2,(H,24,26)/b23-9-. The Balaban J connectivity index is 1.58. The lowest BCUT2D eigenvalue weighted by atomic mass is 10.2. The molecule has 3 aromatic rings. The van der Waals surface area contributed by atoms with E-state index in [0.717, 1.165) is 6.07 Å². The quantitative estimate of drug-likeness (QED) is 0.286. The second-order valence-electron chi connectivity index (χ2n) is 5.75. The van der Waals surface area contributed by atoms with Crippen molar-refractivity contribution in [1.29, 1.82) is 0 Å². The number of halogens is 3. The Bertz CT molecular complexity index is 1130. The van der Waals surface area contributed by atoms with Crippen LogP contribution in [0.1, 0.15) is 5.76 Å². The van der Waals surface area contributed by atoms with Crippen LogP contribution in [0.3, 0.4) is 0 Å². The first-order valence-corrected chi connectivity index (χ1v) is 9.41. The van der Waals surface area contributed by atoms with Gasteiger partial charge in [0.05, 0.1) is 21.2 Å². The van der Waals surface area contributed by atoms with Crippen molar-refractivity contribution in [2.24, 2.45) is 5.10 Å². The van der Waals surface area contributed by atoms with Gasteiger partial charge in [-0.2, -0.15) is 5.10 Å². The van der Waals surface area contributed by atoms with Crippen LogP contribution in [-0.4, -0.2) is 23.7 Å². The molecular formula is C19H12Cl3N3O5. The van der Waals surface area contributed by atoms with Crippen LogP contribution >= 0.6 is 34.8 Å². The molecule has 0 spiro atoms. The SMILES string of the molecule is O=C(COc1ccc(Cl)cc1[N+](=O)[O-])N/N=C\c1ccc(-c2cccc(Cl)c2Cl)o1. The summed E-state index contributed by atoms with van der Waals surface area (Å²) in [5.41, 5.74) is 2.50. The summed E-state index contributed by atoms with van der Waals surface area (Å²) < 4.78 is 10.8. The Kier molecular flexibility index (Phi) is 6.94. The molecule has 8 nitrogen and oxygen atoms in total. The fourth-order valence-electron chi connectivity index (χ4n) is 2.36. The third-order valence-corrected chi connectivity index (χ3v) is 4.76. The van der Waals surface area contributed by atoms with Gasteiger partial charge in [0.25, 0.3) is 5.91 Å². The zero-order valence-electron chi connectivity index (χ0n) is 15.0. The summed E-state index contributed by atoms with van der Waals surface area (Å²) in [6.07, 6.45) is 1.28. The second-order valence-corrected chi connectivity index (χ2v) is 6.98. The third-order valence-electron chi connectivity index (χ3n) is 3.70. The van der Waals surface area contributed by atoms with Gasteiger partial charge in [0.2, 0.25) is 0 Å². The number of nitrogens with one attached hydrogen (secondary N) is 1. The summed E-state index contributed by atoms with van der Waals surface area (Å²) in [5, 5.41) is 15.7. The number of carbonyl (C=O) groups is 1. The molecule has 0 saturated carbocycles. The minimum absolute atomic E-state index is 0.0855. The van der Waals surface area contributed by atoms with Crippen LogP contribution in [-0.2, 0) is 4.79 Å². The van der Waals surface area contributed by atoms with Gasteiger partial charge in [0.1, 0.15) is 11.5 Å². The highest BCUT2D eigenvalue weighted by Gasteiger charge is 2.16. The highest BCUT2D eigenvalue weighted by molar-refractivity contribution is 6.43. The van der Waals surface area contributed by atoms with Crippen LogP contribution in [0.15, 0.2) is 58.0 Å². The average Bonchev–Trinajstić information content (AvgIpc) is 3.17. The number of ether oxygens (including phenoxy) is 1. The topological polar surface area (TPSA) is 107 Å². The Morgan fingerprint density at radius 1 is 1.20 bits per heavy atom. The number of carbonyl (C=O) groups excluding carboxylic acids is 1. The van der Waals surface area contributed by atoms with Crippen LogP contribution in [0.25, 0.3) is 11.3 Å². The van der Waals surface area contributed by atoms with E-state index >= 15 is 0 Å². The summed E-state index contributed by atoms with van der Waals surface area (Å²) in [6, 6.07) is 12.3. The summed E-state index contributed by atoms with van der Waals surface area (Å²) in [4.78, 5) is 22.2. The van der Waals surface area contributed by atoms with E-state index in [9.17, 15) is 14.9 Å². The maximum Gasteiger partial charge on any atom is 0.312 e. The molecular weight excluding hydrogens is 457 g/mol. The molecule has 0 fully saturated rings. The van der Waals surface area contributed by atoms with Crippen molar-refractivity contribution in [3.8, 4) is 17.1 Å². The molecule has 1 heterocycles. The zero-order valence-corrected chi connectivity index (χ0v) is 17.2. The Hall–Kier alpha value is -3.07. The van der Waals surface area contributed by atoms with Crippen molar-refractivity contribution < 1.29 is 18.9 Å². The van der Waals surface area contributed by atoms with Crippen molar-refractivity contribution in [2.75, 3.05) is 6.61 Å². The molecule has 0 saturated heterocycles. The number of hydrogen-bond acceptors (Lipinski definition) is 6. The fourth-order valence-corrected chi connectivity index (χ4v) is 2.92. The number of nitro benzene ring substituents is 1. The lowest BCUT2D eigenvalue weighted by Crippen LogP contribution is -2.24. The first-order valence-electron chi connectivity index (χ1n) is 8.28. The Morgan fingerprint density at radius 3 is 2.77 bits per heavy atom. The number of benzene rings is 2. The normalized spacial score (nSPS) is 10.9. The van der Waals surface area contributed by atoms with Gasteiger partial charge in [-0.25, -0.2) is 5.43 Å². The maximum absolute atomic E-state index is 11.9. The van der Waals surface area contributed by atoms with Gasteiger partial charge in [-0.15, -0.1) is 0 Å². The van der Waals surface area contributed by atoms with Gasteiger partial charge in [-0.05, 0) is 36.4 Å². The van der Waals surface area contributed by atoms with Crippen LogP contribution in [0, 0.1) is 10.1 Å². The van der Waals surface area contributed by atoms with Crippen molar-refractivity contribution in [1.82, 2.24) is 5.43 Å². The fraction of sp³-hybridized carbons (Fsp3) is 0.0526. The lowest BCUT2D eigenvalue weighted by Gasteiger charge is -2.05. The third kappa shape index (κ3) is 5.29.